The summed E-state index contributed by atoms with van der Waals surface area (Å²) in [4.78, 5) is 9.73. The molecule has 0 bridgehead atoms. The molecule has 1 saturated heterocycles. The van der Waals surface area contributed by atoms with E-state index in [1.807, 2.05) is 0 Å². The van der Waals surface area contributed by atoms with Gasteiger partial charge in [-0.15, -0.1) is 11.3 Å². The molecule has 0 N–H and O–H groups in total. The van der Waals surface area contributed by atoms with Crippen molar-refractivity contribution in [3.05, 3.63) is 35.2 Å². The zero-order valence-electron chi connectivity index (χ0n) is 14.9. The lowest BCUT2D eigenvalue weighted by Gasteiger charge is -2.34. The molecule has 1 aromatic heterocycles. The quantitative estimate of drug-likeness (QED) is 0.798. The fraction of sp³-hybridized carbons (Fsp3) is 0.526. The van der Waals surface area contributed by atoms with Crippen LogP contribution in [0.25, 0.3) is 11.3 Å². The molecule has 4 nitrogen and oxygen atoms in total. The lowest BCUT2D eigenvalue weighted by Crippen LogP contribution is -2.47. The molecule has 2 heterocycles. The molecule has 0 atom stereocenters. The Morgan fingerprint density at radius 1 is 1.12 bits per heavy atom. The van der Waals surface area contributed by atoms with Crippen molar-refractivity contribution in [3.63, 3.8) is 0 Å². The van der Waals surface area contributed by atoms with Gasteiger partial charge in [0, 0.05) is 50.8 Å². The molecule has 5 heteroatoms. The molecule has 0 aliphatic carbocycles. The van der Waals surface area contributed by atoms with Crippen molar-refractivity contribution in [2.24, 2.45) is 0 Å². The summed E-state index contributed by atoms with van der Waals surface area (Å²) in [6.07, 6.45) is 0. The molecule has 2 aromatic rings. The number of hydrogen-bond acceptors (Lipinski definition) is 5. The van der Waals surface area contributed by atoms with Gasteiger partial charge in [-0.05, 0) is 11.5 Å². The topological polar surface area (TPSA) is 28.6 Å². The number of piperazine rings is 1. The van der Waals surface area contributed by atoms with Crippen LogP contribution in [0.4, 0.5) is 5.13 Å². The zero-order valence-corrected chi connectivity index (χ0v) is 15.7. The summed E-state index contributed by atoms with van der Waals surface area (Å²) >= 11 is 1.75. The van der Waals surface area contributed by atoms with Gasteiger partial charge in [0.15, 0.2) is 5.13 Å². The van der Waals surface area contributed by atoms with E-state index in [1.165, 1.54) is 11.1 Å². The highest BCUT2D eigenvalue weighted by molar-refractivity contribution is 7.14. The molecule has 1 fully saturated rings. The maximum absolute atomic E-state index is 5.17. The fourth-order valence-electron chi connectivity index (χ4n) is 2.96. The van der Waals surface area contributed by atoms with Crippen LogP contribution in [0.2, 0.25) is 0 Å². The van der Waals surface area contributed by atoms with E-state index < -0.39 is 0 Å². The number of thiazole rings is 1. The molecule has 0 unspecified atom stereocenters. The Morgan fingerprint density at radius 2 is 1.83 bits per heavy atom. The van der Waals surface area contributed by atoms with E-state index in [0.29, 0.717) is 5.92 Å². The van der Waals surface area contributed by atoms with Crippen molar-refractivity contribution in [3.8, 4) is 11.3 Å². The normalized spacial score (nSPS) is 16.1. The molecule has 3 rings (SSSR count). The molecular weight excluding hydrogens is 318 g/mol. The van der Waals surface area contributed by atoms with Crippen molar-refractivity contribution in [1.29, 1.82) is 0 Å². The number of methoxy groups -OCH3 is 1. The second-order valence-corrected chi connectivity index (χ2v) is 7.45. The Labute approximate surface area is 149 Å². The number of anilines is 1. The van der Waals surface area contributed by atoms with E-state index >= 15 is 0 Å². The fourth-order valence-corrected chi connectivity index (χ4v) is 3.85. The van der Waals surface area contributed by atoms with Gasteiger partial charge in [-0.2, -0.15) is 0 Å². The van der Waals surface area contributed by atoms with Gasteiger partial charge in [0.1, 0.15) is 0 Å². The lowest BCUT2D eigenvalue weighted by molar-refractivity contribution is 0.144. The average molecular weight is 346 g/mol. The van der Waals surface area contributed by atoms with Gasteiger partial charge < -0.3 is 9.64 Å². The van der Waals surface area contributed by atoms with Crippen LogP contribution < -0.4 is 4.90 Å². The van der Waals surface area contributed by atoms with Gasteiger partial charge in [-0.3, -0.25) is 4.90 Å². The van der Waals surface area contributed by atoms with E-state index in [0.717, 1.165) is 50.2 Å². The Bertz CT molecular complexity index is 630. The van der Waals surface area contributed by atoms with Gasteiger partial charge in [-0.1, -0.05) is 38.1 Å². The van der Waals surface area contributed by atoms with Crippen molar-refractivity contribution in [1.82, 2.24) is 9.88 Å². The number of ether oxygens (including phenoxy) is 1. The van der Waals surface area contributed by atoms with Crippen LogP contribution in [0, 0.1) is 0 Å². The minimum atomic E-state index is 0.569. The minimum Gasteiger partial charge on any atom is -0.383 e. The molecular formula is C19H27N3OS. The maximum Gasteiger partial charge on any atom is 0.185 e. The van der Waals surface area contributed by atoms with Crippen LogP contribution in [0.3, 0.4) is 0 Å². The van der Waals surface area contributed by atoms with Crippen molar-refractivity contribution < 1.29 is 4.74 Å². The SMILES string of the molecule is COCCN1CCN(c2nc(-c3ccc(C(C)C)cc3)cs2)CC1. The molecule has 1 aliphatic rings. The van der Waals surface area contributed by atoms with E-state index in [-0.39, 0.29) is 0 Å². The molecule has 1 aromatic carbocycles. The highest BCUT2D eigenvalue weighted by Crippen LogP contribution is 2.29. The Morgan fingerprint density at radius 3 is 2.46 bits per heavy atom. The van der Waals surface area contributed by atoms with E-state index in [9.17, 15) is 0 Å². The highest BCUT2D eigenvalue weighted by Gasteiger charge is 2.19. The summed E-state index contributed by atoms with van der Waals surface area (Å²) in [7, 11) is 1.76. The second kappa shape index (κ2) is 8.10. The Balaban J connectivity index is 1.61. The third-order valence-electron chi connectivity index (χ3n) is 4.62. The van der Waals surface area contributed by atoms with Crippen LogP contribution in [0.1, 0.15) is 25.3 Å². The third-order valence-corrected chi connectivity index (χ3v) is 5.52. The van der Waals surface area contributed by atoms with Crippen LogP contribution in [-0.2, 0) is 4.74 Å². The van der Waals surface area contributed by atoms with Crippen molar-refractivity contribution in [2.75, 3.05) is 51.3 Å². The van der Waals surface area contributed by atoms with Gasteiger partial charge in [0.25, 0.3) is 0 Å². The van der Waals surface area contributed by atoms with Gasteiger partial charge in [0.05, 0.1) is 12.3 Å². The Hall–Kier alpha value is -1.43. The molecule has 0 radical (unpaired) electrons. The van der Waals surface area contributed by atoms with Gasteiger partial charge in [-0.25, -0.2) is 4.98 Å². The lowest BCUT2D eigenvalue weighted by atomic mass is 10.0. The summed E-state index contributed by atoms with van der Waals surface area (Å²) in [5.41, 5.74) is 3.68. The van der Waals surface area contributed by atoms with Crippen molar-refractivity contribution >= 4 is 16.5 Å². The van der Waals surface area contributed by atoms with Crippen LogP contribution >= 0.6 is 11.3 Å². The van der Waals surface area contributed by atoms with E-state index in [1.54, 1.807) is 18.4 Å². The predicted octanol–water partition coefficient (Wildman–Crippen LogP) is 3.70. The first-order valence-corrected chi connectivity index (χ1v) is 9.57. The largest absolute Gasteiger partial charge is 0.383 e. The number of nitrogens with zero attached hydrogens (tertiary/aromatic N) is 3. The predicted molar refractivity (Wildman–Crippen MR) is 102 cm³/mol. The summed E-state index contributed by atoms with van der Waals surface area (Å²) in [6.45, 7) is 10.5. The van der Waals surface area contributed by atoms with E-state index in [4.69, 9.17) is 9.72 Å². The van der Waals surface area contributed by atoms with E-state index in [2.05, 4.69) is 53.3 Å². The summed E-state index contributed by atoms with van der Waals surface area (Å²) in [5.74, 6) is 0.569. The minimum absolute atomic E-state index is 0.569. The van der Waals surface area contributed by atoms with Gasteiger partial charge in [0.2, 0.25) is 0 Å². The number of hydrogen-bond donors (Lipinski definition) is 0. The number of rotatable bonds is 6. The maximum atomic E-state index is 5.17. The molecule has 1 aliphatic heterocycles. The second-order valence-electron chi connectivity index (χ2n) is 6.61. The zero-order chi connectivity index (χ0) is 16.9. The summed E-state index contributed by atoms with van der Waals surface area (Å²) < 4.78 is 5.17. The third kappa shape index (κ3) is 4.15. The number of benzene rings is 1. The smallest absolute Gasteiger partial charge is 0.185 e. The summed E-state index contributed by atoms with van der Waals surface area (Å²) in [6, 6.07) is 8.81. The monoisotopic (exact) mass is 345 g/mol. The average Bonchev–Trinajstić information content (AvgIpc) is 3.10. The Kier molecular flexibility index (Phi) is 5.87. The van der Waals surface area contributed by atoms with Crippen LogP contribution in [-0.4, -0.2) is 56.3 Å². The molecule has 130 valence electrons. The van der Waals surface area contributed by atoms with Crippen LogP contribution in [0.15, 0.2) is 29.6 Å². The number of aromatic nitrogens is 1. The molecule has 0 amide bonds. The summed E-state index contributed by atoms with van der Waals surface area (Å²) in [5, 5.41) is 3.32. The molecule has 0 spiro atoms. The standard InChI is InChI=1S/C19H27N3OS/c1-15(2)16-4-6-17(7-5-16)18-14-24-19(20-18)22-10-8-21(9-11-22)12-13-23-3/h4-7,14-15H,8-13H2,1-3H3. The molecule has 0 saturated carbocycles. The highest BCUT2D eigenvalue weighted by atomic mass is 32.1. The van der Waals surface area contributed by atoms with Crippen LogP contribution in [0.5, 0.6) is 0 Å². The first-order valence-electron chi connectivity index (χ1n) is 8.69. The van der Waals surface area contributed by atoms with Gasteiger partial charge >= 0.3 is 0 Å². The van der Waals surface area contributed by atoms with Crippen molar-refractivity contribution in [2.45, 2.75) is 19.8 Å². The molecule has 24 heavy (non-hydrogen) atoms. The first kappa shape index (κ1) is 17.4. The first-order chi connectivity index (χ1) is 11.7.